The highest BCUT2D eigenvalue weighted by molar-refractivity contribution is 7.96. The standard InChI is InChI=1S/C16H22F2O7S/c1-15(11-5-9-4-10(7-11)8-12(15)6-9)23-13(19)2-3-22-14(20)16(17,18)26-25-24-21/h9-12,21H,2-8H2,1H3/p-1. The Hall–Kier alpha value is -0.970. The zero-order chi connectivity index (χ0) is 18.9. The molecule has 148 valence electrons. The topological polar surface area (TPSA) is 94.1 Å². The highest BCUT2D eigenvalue weighted by Gasteiger charge is 2.57. The first-order valence-electron chi connectivity index (χ1n) is 8.65. The van der Waals surface area contributed by atoms with Crippen molar-refractivity contribution in [1.29, 1.82) is 0 Å². The SMILES string of the molecule is CC1(OC(=O)CCOC(=O)C(F)(F)SOO[O-])C2CC3CC(C2)CC1C3. The van der Waals surface area contributed by atoms with Gasteiger partial charge in [-0.25, -0.2) is 4.79 Å². The molecule has 0 unspecified atom stereocenters. The number of halogens is 2. The van der Waals surface area contributed by atoms with Crippen LogP contribution in [-0.2, 0) is 28.4 Å². The Morgan fingerprint density at radius 3 is 2.27 bits per heavy atom. The Morgan fingerprint density at radius 2 is 1.73 bits per heavy atom. The third-order valence-electron chi connectivity index (χ3n) is 6.04. The van der Waals surface area contributed by atoms with Gasteiger partial charge >= 0.3 is 17.2 Å². The molecule has 0 amide bonds. The molecule has 0 aromatic carbocycles. The van der Waals surface area contributed by atoms with Gasteiger partial charge in [0, 0.05) is 0 Å². The van der Waals surface area contributed by atoms with E-state index in [1.807, 2.05) is 6.92 Å². The van der Waals surface area contributed by atoms with Gasteiger partial charge in [0.25, 0.3) is 0 Å². The Morgan fingerprint density at radius 1 is 1.15 bits per heavy atom. The normalized spacial score (nSPS) is 35.4. The molecule has 4 rings (SSSR count). The molecule has 7 nitrogen and oxygen atoms in total. The number of alkyl halides is 2. The van der Waals surface area contributed by atoms with Gasteiger partial charge < -0.3 is 14.7 Å². The fourth-order valence-corrected chi connectivity index (χ4v) is 5.22. The van der Waals surface area contributed by atoms with Crippen molar-refractivity contribution < 1.29 is 42.5 Å². The number of esters is 2. The summed E-state index contributed by atoms with van der Waals surface area (Å²) in [4.78, 5) is 23.4. The molecule has 4 fully saturated rings. The molecule has 26 heavy (non-hydrogen) atoms. The van der Waals surface area contributed by atoms with Crippen molar-refractivity contribution >= 4 is 24.0 Å². The molecule has 4 aliphatic rings. The number of carbonyl (C=O) groups excluding carboxylic acids is 2. The Balaban J connectivity index is 1.45. The predicted octanol–water partition coefficient (Wildman–Crippen LogP) is 2.14. The third-order valence-corrected chi connectivity index (χ3v) is 6.54. The number of hydrogen-bond acceptors (Lipinski definition) is 8. The molecule has 0 atom stereocenters. The zero-order valence-corrected chi connectivity index (χ0v) is 15.1. The zero-order valence-electron chi connectivity index (χ0n) is 14.3. The molecule has 4 aliphatic carbocycles. The lowest BCUT2D eigenvalue weighted by Gasteiger charge is -2.59. The summed E-state index contributed by atoms with van der Waals surface area (Å²) >= 11 is -0.770. The Labute approximate surface area is 153 Å². The van der Waals surface area contributed by atoms with Gasteiger partial charge in [0.1, 0.15) is 24.3 Å². The van der Waals surface area contributed by atoms with E-state index in [4.69, 9.17) is 4.74 Å². The minimum Gasteiger partial charge on any atom is -0.691 e. The lowest BCUT2D eigenvalue weighted by molar-refractivity contribution is -0.777. The lowest BCUT2D eigenvalue weighted by atomic mass is 9.50. The van der Waals surface area contributed by atoms with Crippen LogP contribution in [0.3, 0.4) is 0 Å². The van der Waals surface area contributed by atoms with Crippen LogP contribution in [0.15, 0.2) is 0 Å². The number of rotatable bonds is 8. The molecule has 0 aromatic rings. The summed E-state index contributed by atoms with van der Waals surface area (Å²) in [5, 5.41) is 8.19. The van der Waals surface area contributed by atoms with E-state index < -0.39 is 41.4 Å². The second kappa shape index (κ2) is 7.57. The highest BCUT2D eigenvalue weighted by atomic mass is 32.2. The predicted molar refractivity (Wildman–Crippen MR) is 81.8 cm³/mol. The molecule has 4 saturated carbocycles. The van der Waals surface area contributed by atoms with Crippen molar-refractivity contribution in [3.8, 4) is 0 Å². The molecule has 0 radical (unpaired) electrons. The van der Waals surface area contributed by atoms with Gasteiger partial charge in [0.05, 0.1) is 6.42 Å². The Bertz CT molecular complexity index is 529. The Kier molecular flexibility index (Phi) is 5.76. The van der Waals surface area contributed by atoms with Gasteiger partial charge in [-0.15, -0.1) is 0 Å². The second-order valence-electron chi connectivity index (χ2n) is 7.58. The highest BCUT2D eigenvalue weighted by Crippen LogP contribution is 2.59. The van der Waals surface area contributed by atoms with Crippen molar-refractivity contribution in [1.82, 2.24) is 0 Å². The third kappa shape index (κ3) is 3.97. The van der Waals surface area contributed by atoms with Crippen LogP contribution in [0.1, 0.15) is 45.4 Å². The van der Waals surface area contributed by atoms with Crippen molar-refractivity contribution in [2.24, 2.45) is 23.7 Å². The monoisotopic (exact) mass is 395 g/mol. The molecule has 4 bridgehead atoms. The van der Waals surface area contributed by atoms with Crippen LogP contribution >= 0.6 is 12.0 Å². The minimum absolute atomic E-state index is 0.312. The molecular formula is C16H21F2O7S-. The van der Waals surface area contributed by atoms with Crippen LogP contribution in [0.2, 0.25) is 0 Å². The van der Waals surface area contributed by atoms with Gasteiger partial charge in [-0.3, -0.25) is 9.83 Å². The first-order valence-corrected chi connectivity index (χ1v) is 9.40. The van der Waals surface area contributed by atoms with E-state index in [1.165, 1.54) is 6.42 Å². The van der Waals surface area contributed by atoms with Crippen LogP contribution in [0.4, 0.5) is 8.78 Å². The van der Waals surface area contributed by atoms with E-state index in [2.05, 4.69) is 14.1 Å². The first-order chi connectivity index (χ1) is 12.2. The lowest BCUT2D eigenvalue weighted by Crippen LogP contribution is -2.58. The maximum atomic E-state index is 13.2. The number of ether oxygens (including phenoxy) is 2. The van der Waals surface area contributed by atoms with Gasteiger partial charge in [0.2, 0.25) is 0 Å². The summed E-state index contributed by atoms with van der Waals surface area (Å²) in [7, 11) is 0. The number of hydrogen-bond donors (Lipinski definition) is 0. The summed E-state index contributed by atoms with van der Waals surface area (Å²) in [5.74, 6) is -0.350. The van der Waals surface area contributed by atoms with Crippen LogP contribution < -0.4 is 5.26 Å². The molecule has 10 heteroatoms. The van der Waals surface area contributed by atoms with E-state index in [0.29, 0.717) is 11.8 Å². The summed E-state index contributed by atoms with van der Waals surface area (Å²) in [5.41, 5.74) is -0.520. The summed E-state index contributed by atoms with van der Waals surface area (Å²) < 4.78 is 39.9. The quantitative estimate of drug-likeness (QED) is 0.267. The van der Waals surface area contributed by atoms with E-state index in [0.717, 1.165) is 37.5 Å². The van der Waals surface area contributed by atoms with E-state index >= 15 is 0 Å². The number of carbonyl (C=O) groups is 2. The van der Waals surface area contributed by atoms with E-state index in [1.54, 1.807) is 0 Å². The summed E-state index contributed by atoms with van der Waals surface area (Å²) in [6.45, 7) is 1.43. The summed E-state index contributed by atoms with van der Waals surface area (Å²) in [6, 6.07) is 0. The van der Waals surface area contributed by atoms with E-state index in [9.17, 15) is 23.6 Å². The smallest absolute Gasteiger partial charge is 0.415 e. The molecule has 0 spiro atoms. The van der Waals surface area contributed by atoms with E-state index in [-0.39, 0.29) is 6.42 Å². The summed E-state index contributed by atoms with van der Waals surface area (Å²) in [6.07, 6.45) is 5.23. The fourth-order valence-electron chi connectivity index (χ4n) is 4.98. The van der Waals surface area contributed by atoms with Gasteiger partial charge in [0.15, 0.2) is 0 Å². The van der Waals surface area contributed by atoms with Crippen LogP contribution in [-0.4, -0.2) is 29.4 Å². The van der Waals surface area contributed by atoms with Crippen LogP contribution in [0.25, 0.3) is 0 Å². The molecule has 0 N–H and O–H groups in total. The molecule has 0 saturated heterocycles. The molecule has 0 aromatic heterocycles. The van der Waals surface area contributed by atoms with Gasteiger partial charge in [-0.05, 0) is 62.7 Å². The van der Waals surface area contributed by atoms with Crippen molar-refractivity contribution in [3.63, 3.8) is 0 Å². The van der Waals surface area contributed by atoms with Crippen LogP contribution in [0, 0.1) is 23.7 Å². The van der Waals surface area contributed by atoms with Gasteiger partial charge in [-0.1, -0.05) is 0 Å². The molecule has 0 heterocycles. The van der Waals surface area contributed by atoms with Crippen molar-refractivity contribution in [2.75, 3.05) is 6.61 Å². The maximum absolute atomic E-state index is 13.2. The maximum Gasteiger partial charge on any atom is 0.415 e. The van der Waals surface area contributed by atoms with Gasteiger partial charge in [-0.2, -0.15) is 13.1 Å². The second-order valence-corrected chi connectivity index (χ2v) is 8.40. The van der Waals surface area contributed by atoms with Crippen LogP contribution in [0.5, 0.6) is 0 Å². The largest absolute Gasteiger partial charge is 0.691 e. The van der Waals surface area contributed by atoms with Crippen molar-refractivity contribution in [2.45, 2.75) is 56.3 Å². The average molecular weight is 395 g/mol. The average Bonchev–Trinajstić information content (AvgIpc) is 2.57. The minimum atomic E-state index is -4.11. The first kappa shape index (κ1) is 19.8. The molecule has 0 aliphatic heterocycles. The fraction of sp³-hybridized carbons (Fsp3) is 0.875. The molecular weight excluding hydrogens is 374 g/mol. The van der Waals surface area contributed by atoms with Crippen molar-refractivity contribution in [3.05, 3.63) is 0 Å².